The molecule has 1 rings (SSSR count). The summed E-state index contributed by atoms with van der Waals surface area (Å²) in [5.74, 6) is 0. The van der Waals surface area contributed by atoms with E-state index in [0.717, 1.165) is 6.07 Å². The second-order valence-electron chi connectivity index (χ2n) is 2.41. The fourth-order valence-electron chi connectivity index (χ4n) is 1.01. The smallest absolute Gasteiger partial charge is 0.267 e. The van der Waals surface area contributed by atoms with Crippen LogP contribution in [0, 0.1) is 11.3 Å². The number of carbonyl (C=O) groups excluding carboxylic acids is 1. The van der Waals surface area contributed by atoms with E-state index in [4.69, 9.17) is 5.26 Å². The summed E-state index contributed by atoms with van der Waals surface area (Å²) in [6, 6.07) is 2.13. The number of hydrogen-bond donors (Lipinski definition) is 1. The number of aldehydes is 1. The van der Waals surface area contributed by atoms with Crippen LogP contribution in [0.2, 0.25) is 0 Å². The van der Waals surface area contributed by atoms with Crippen molar-refractivity contribution in [1.82, 2.24) is 4.98 Å². The van der Waals surface area contributed by atoms with Crippen LogP contribution in [0.25, 0.3) is 0 Å². The van der Waals surface area contributed by atoms with Gasteiger partial charge in [0.25, 0.3) is 6.43 Å². The van der Waals surface area contributed by atoms with Gasteiger partial charge in [0.05, 0.1) is 5.56 Å². The highest BCUT2D eigenvalue weighted by Gasteiger charge is 2.18. The Bertz CT molecular complexity index is 459. The summed E-state index contributed by atoms with van der Waals surface area (Å²) < 4.78 is 24.7. The summed E-state index contributed by atoms with van der Waals surface area (Å²) in [6.45, 7) is 0. The van der Waals surface area contributed by atoms with E-state index >= 15 is 0 Å². The zero-order valence-corrected chi connectivity index (χ0v) is 6.75. The number of aromatic nitrogens is 1. The SMILES string of the molecule is N#Cc1[nH]c(=O)cc(C=O)c1C(F)F. The first-order valence-corrected chi connectivity index (χ1v) is 3.50. The Balaban J connectivity index is 3.59. The number of rotatable bonds is 2. The lowest BCUT2D eigenvalue weighted by atomic mass is 10.1. The Morgan fingerprint density at radius 1 is 1.57 bits per heavy atom. The van der Waals surface area contributed by atoms with Gasteiger partial charge in [-0.3, -0.25) is 9.59 Å². The van der Waals surface area contributed by atoms with Gasteiger partial charge in [-0.05, 0) is 0 Å². The molecule has 0 spiro atoms. The van der Waals surface area contributed by atoms with Crippen LogP contribution in [-0.4, -0.2) is 11.3 Å². The Labute approximate surface area is 76.8 Å². The summed E-state index contributed by atoms with van der Waals surface area (Å²) in [5.41, 5.74) is -2.52. The Morgan fingerprint density at radius 3 is 2.64 bits per heavy atom. The number of hydrogen-bond acceptors (Lipinski definition) is 3. The summed E-state index contributed by atoms with van der Waals surface area (Å²) in [5, 5.41) is 8.44. The summed E-state index contributed by atoms with van der Waals surface area (Å²) in [6.07, 6.45) is -2.85. The predicted octanol–water partition coefficient (Wildman–Crippen LogP) is 0.997. The van der Waals surface area contributed by atoms with Crippen LogP contribution < -0.4 is 5.56 Å². The molecule has 14 heavy (non-hydrogen) atoms. The molecule has 0 atom stereocenters. The Hall–Kier alpha value is -2.03. The molecule has 0 amide bonds. The summed E-state index contributed by atoms with van der Waals surface area (Å²) in [7, 11) is 0. The van der Waals surface area contributed by atoms with Gasteiger partial charge in [0.2, 0.25) is 5.56 Å². The maximum absolute atomic E-state index is 12.4. The predicted molar refractivity (Wildman–Crippen MR) is 42.1 cm³/mol. The van der Waals surface area contributed by atoms with Gasteiger partial charge >= 0.3 is 0 Å². The summed E-state index contributed by atoms with van der Waals surface area (Å²) in [4.78, 5) is 23.1. The summed E-state index contributed by atoms with van der Waals surface area (Å²) >= 11 is 0. The second-order valence-corrected chi connectivity index (χ2v) is 2.41. The van der Waals surface area contributed by atoms with E-state index in [1.807, 2.05) is 4.98 Å². The van der Waals surface area contributed by atoms with Gasteiger partial charge in [0.1, 0.15) is 11.8 Å². The number of H-pyrrole nitrogens is 1. The molecule has 0 saturated heterocycles. The molecule has 0 radical (unpaired) electrons. The van der Waals surface area contributed by atoms with Crippen LogP contribution >= 0.6 is 0 Å². The van der Waals surface area contributed by atoms with Crippen molar-refractivity contribution in [3.63, 3.8) is 0 Å². The molecular formula is C8H4F2N2O2. The van der Waals surface area contributed by atoms with Crippen molar-refractivity contribution in [2.75, 3.05) is 0 Å². The molecule has 0 aliphatic heterocycles. The van der Waals surface area contributed by atoms with Crippen molar-refractivity contribution in [3.05, 3.63) is 33.2 Å². The third-order valence-corrected chi connectivity index (χ3v) is 1.57. The standard InChI is InChI=1S/C8H4F2N2O2/c9-8(10)7-4(3-13)1-6(14)12-5(7)2-11/h1,3,8H,(H,12,14). The molecule has 0 aliphatic carbocycles. The third kappa shape index (κ3) is 1.66. The highest BCUT2D eigenvalue weighted by molar-refractivity contribution is 5.78. The van der Waals surface area contributed by atoms with Gasteiger partial charge in [-0.2, -0.15) is 5.26 Å². The minimum atomic E-state index is -2.97. The minimum absolute atomic E-state index is 0.123. The largest absolute Gasteiger partial charge is 0.313 e. The van der Waals surface area contributed by atoms with E-state index in [-0.39, 0.29) is 6.29 Å². The first-order chi connectivity index (χ1) is 6.60. The molecule has 0 saturated carbocycles. The van der Waals surface area contributed by atoms with Crippen LogP contribution in [-0.2, 0) is 0 Å². The number of nitrogens with one attached hydrogen (secondary N) is 1. The molecule has 6 heteroatoms. The van der Waals surface area contributed by atoms with E-state index in [1.165, 1.54) is 6.07 Å². The number of halogens is 2. The molecule has 0 bridgehead atoms. The molecule has 1 N–H and O–H groups in total. The van der Waals surface area contributed by atoms with Crippen LogP contribution in [0.3, 0.4) is 0 Å². The van der Waals surface area contributed by atoms with Crippen molar-refractivity contribution in [2.24, 2.45) is 0 Å². The highest BCUT2D eigenvalue weighted by Crippen LogP contribution is 2.22. The van der Waals surface area contributed by atoms with Gasteiger partial charge in [-0.1, -0.05) is 0 Å². The van der Waals surface area contributed by atoms with Crippen molar-refractivity contribution in [2.45, 2.75) is 6.43 Å². The van der Waals surface area contributed by atoms with Gasteiger partial charge in [0.15, 0.2) is 6.29 Å². The average Bonchev–Trinajstić information content (AvgIpc) is 2.15. The lowest BCUT2D eigenvalue weighted by molar-refractivity contribution is 0.110. The molecule has 1 aromatic heterocycles. The van der Waals surface area contributed by atoms with E-state index in [9.17, 15) is 18.4 Å². The minimum Gasteiger partial charge on any atom is -0.313 e. The molecular weight excluding hydrogens is 194 g/mol. The zero-order chi connectivity index (χ0) is 10.7. The number of alkyl halides is 2. The molecule has 0 aromatic carbocycles. The van der Waals surface area contributed by atoms with Gasteiger partial charge < -0.3 is 4.98 Å². The fourth-order valence-corrected chi connectivity index (χ4v) is 1.01. The molecule has 0 fully saturated rings. The van der Waals surface area contributed by atoms with Crippen LogP contribution in [0.5, 0.6) is 0 Å². The van der Waals surface area contributed by atoms with Crippen molar-refractivity contribution < 1.29 is 13.6 Å². The molecule has 0 aliphatic rings. The van der Waals surface area contributed by atoms with E-state index < -0.39 is 28.8 Å². The van der Waals surface area contributed by atoms with E-state index in [2.05, 4.69) is 0 Å². The number of nitriles is 1. The number of carbonyl (C=O) groups is 1. The van der Waals surface area contributed by atoms with Crippen LogP contribution in [0.4, 0.5) is 8.78 Å². The van der Waals surface area contributed by atoms with E-state index in [0.29, 0.717) is 0 Å². The average molecular weight is 198 g/mol. The first kappa shape index (κ1) is 10.1. The first-order valence-electron chi connectivity index (χ1n) is 3.50. The van der Waals surface area contributed by atoms with Gasteiger partial charge in [-0.15, -0.1) is 0 Å². The maximum Gasteiger partial charge on any atom is 0.267 e. The molecule has 0 unspecified atom stereocenters. The number of nitrogens with zero attached hydrogens (tertiary/aromatic N) is 1. The topological polar surface area (TPSA) is 73.7 Å². The van der Waals surface area contributed by atoms with Crippen LogP contribution in [0.1, 0.15) is 28.0 Å². The lowest BCUT2D eigenvalue weighted by Crippen LogP contribution is -2.12. The maximum atomic E-state index is 12.4. The number of pyridine rings is 1. The Kier molecular flexibility index (Phi) is 2.72. The Morgan fingerprint density at radius 2 is 2.21 bits per heavy atom. The van der Waals surface area contributed by atoms with Crippen molar-refractivity contribution in [1.29, 1.82) is 5.26 Å². The van der Waals surface area contributed by atoms with E-state index in [1.54, 1.807) is 0 Å². The fraction of sp³-hybridized carbons (Fsp3) is 0.125. The molecule has 1 heterocycles. The third-order valence-electron chi connectivity index (χ3n) is 1.57. The van der Waals surface area contributed by atoms with Crippen LogP contribution in [0.15, 0.2) is 10.9 Å². The monoisotopic (exact) mass is 198 g/mol. The van der Waals surface area contributed by atoms with Gasteiger partial charge in [0, 0.05) is 11.6 Å². The van der Waals surface area contributed by atoms with Gasteiger partial charge in [-0.25, -0.2) is 8.78 Å². The normalized spacial score (nSPS) is 9.86. The second kappa shape index (κ2) is 3.79. The quantitative estimate of drug-likeness (QED) is 0.720. The molecule has 4 nitrogen and oxygen atoms in total. The zero-order valence-electron chi connectivity index (χ0n) is 6.75. The number of aromatic amines is 1. The lowest BCUT2D eigenvalue weighted by Gasteiger charge is -2.03. The van der Waals surface area contributed by atoms with Crippen molar-refractivity contribution >= 4 is 6.29 Å². The molecule has 1 aromatic rings. The highest BCUT2D eigenvalue weighted by atomic mass is 19.3. The van der Waals surface area contributed by atoms with Crippen molar-refractivity contribution in [3.8, 4) is 6.07 Å². The molecule has 72 valence electrons.